The first-order chi connectivity index (χ1) is 12.6. The van der Waals surface area contributed by atoms with Crippen LogP contribution >= 0.6 is 15.9 Å². The third-order valence-electron chi connectivity index (χ3n) is 4.78. The molecule has 7 heteroatoms. The summed E-state index contributed by atoms with van der Waals surface area (Å²) in [6, 6.07) is 12.5. The molecule has 1 atom stereocenters. The first-order valence-corrected chi connectivity index (χ1v) is 11.0. The van der Waals surface area contributed by atoms with Gasteiger partial charge in [-0.2, -0.15) is 4.31 Å². The van der Waals surface area contributed by atoms with E-state index in [4.69, 9.17) is 9.47 Å². The lowest BCUT2D eigenvalue weighted by Crippen LogP contribution is -2.31. The molecular formula is C19H20BrNO4S. The summed E-state index contributed by atoms with van der Waals surface area (Å²) >= 11 is 3.37. The maximum Gasteiger partial charge on any atom is 0.244 e. The Balaban J connectivity index is 1.69. The van der Waals surface area contributed by atoms with Crippen molar-refractivity contribution in [3.8, 4) is 11.5 Å². The maximum atomic E-state index is 13.2. The van der Waals surface area contributed by atoms with Crippen LogP contribution in [0.1, 0.15) is 30.9 Å². The number of fused-ring (bicyclic) bond motifs is 1. The number of benzene rings is 2. The molecular weight excluding hydrogens is 418 g/mol. The Morgan fingerprint density at radius 1 is 1.00 bits per heavy atom. The van der Waals surface area contributed by atoms with Crippen LogP contribution in [0.3, 0.4) is 0 Å². The second kappa shape index (κ2) is 7.21. The maximum absolute atomic E-state index is 13.2. The van der Waals surface area contributed by atoms with E-state index in [0.29, 0.717) is 34.9 Å². The van der Waals surface area contributed by atoms with Crippen molar-refractivity contribution >= 4 is 26.0 Å². The summed E-state index contributed by atoms with van der Waals surface area (Å²) in [4.78, 5) is 0.307. The summed E-state index contributed by atoms with van der Waals surface area (Å²) in [6.45, 7) is 1.77. The van der Waals surface area contributed by atoms with Gasteiger partial charge in [-0.15, -0.1) is 0 Å². The van der Waals surface area contributed by atoms with Gasteiger partial charge in [-0.1, -0.05) is 18.2 Å². The van der Waals surface area contributed by atoms with Gasteiger partial charge in [0.1, 0.15) is 0 Å². The van der Waals surface area contributed by atoms with E-state index in [1.165, 1.54) is 0 Å². The van der Waals surface area contributed by atoms with Crippen molar-refractivity contribution in [3.05, 3.63) is 52.5 Å². The number of hydrogen-bond donors (Lipinski definition) is 0. The van der Waals surface area contributed by atoms with Gasteiger partial charge in [-0.05, 0) is 58.6 Å². The lowest BCUT2D eigenvalue weighted by molar-refractivity contribution is 0.296. The molecule has 26 heavy (non-hydrogen) atoms. The van der Waals surface area contributed by atoms with Crippen molar-refractivity contribution in [1.29, 1.82) is 0 Å². The molecule has 0 N–H and O–H groups in total. The van der Waals surface area contributed by atoms with E-state index in [2.05, 4.69) is 15.9 Å². The Hall–Kier alpha value is -1.57. The minimum atomic E-state index is -3.58. The van der Waals surface area contributed by atoms with Crippen molar-refractivity contribution in [1.82, 2.24) is 4.31 Å². The van der Waals surface area contributed by atoms with Crippen LogP contribution in [0.25, 0.3) is 0 Å². The van der Waals surface area contributed by atoms with Gasteiger partial charge in [0, 0.05) is 17.4 Å². The monoisotopic (exact) mass is 437 g/mol. The van der Waals surface area contributed by atoms with Crippen LogP contribution < -0.4 is 9.47 Å². The van der Waals surface area contributed by atoms with Crippen LogP contribution in [0, 0.1) is 0 Å². The third kappa shape index (κ3) is 3.23. The van der Waals surface area contributed by atoms with Gasteiger partial charge in [0.25, 0.3) is 0 Å². The predicted octanol–water partition coefficient (Wildman–Crippen LogP) is 4.14. The fourth-order valence-corrected chi connectivity index (χ4v) is 6.18. The molecule has 138 valence electrons. The zero-order valence-electron chi connectivity index (χ0n) is 14.2. The number of nitrogens with zero attached hydrogens (tertiary/aromatic N) is 1. The van der Waals surface area contributed by atoms with Gasteiger partial charge in [-0.25, -0.2) is 8.42 Å². The standard InChI is InChI=1S/C19H20BrNO4S/c20-15-5-1-2-7-19(15)26(22,23)21-10-3-6-16(21)14-8-9-17-18(13-14)25-12-4-11-24-17/h1-2,5,7-9,13,16H,3-4,6,10-12H2/t16-/m0/s1. The zero-order chi connectivity index (χ0) is 18.1. The van der Waals surface area contributed by atoms with E-state index in [0.717, 1.165) is 30.6 Å². The molecule has 0 aliphatic carbocycles. The largest absolute Gasteiger partial charge is 0.490 e. The quantitative estimate of drug-likeness (QED) is 0.723. The average Bonchev–Trinajstić information content (AvgIpc) is 3.02. The van der Waals surface area contributed by atoms with E-state index < -0.39 is 10.0 Å². The van der Waals surface area contributed by atoms with Crippen LogP contribution in [0.2, 0.25) is 0 Å². The SMILES string of the molecule is O=S(=O)(c1ccccc1Br)N1CCC[C@H]1c1ccc2c(c1)OCCCO2. The van der Waals surface area contributed by atoms with Gasteiger partial charge >= 0.3 is 0 Å². The smallest absolute Gasteiger partial charge is 0.244 e. The molecule has 0 unspecified atom stereocenters. The van der Waals surface area contributed by atoms with Crippen molar-refractivity contribution in [2.45, 2.75) is 30.2 Å². The molecule has 2 aliphatic rings. The number of hydrogen-bond acceptors (Lipinski definition) is 4. The highest BCUT2D eigenvalue weighted by molar-refractivity contribution is 9.10. The van der Waals surface area contributed by atoms with Gasteiger partial charge in [-0.3, -0.25) is 0 Å². The first kappa shape index (κ1) is 17.8. The molecule has 0 bridgehead atoms. The molecule has 0 spiro atoms. The number of ether oxygens (including phenoxy) is 2. The lowest BCUT2D eigenvalue weighted by Gasteiger charge is -2.25. The second-order valence-electron chi connectivity index (χ2n) is 6.46. The Kier molecular flexibility index (Phi) is 4.94. The average molecular weight is 438 g/mol. The van der Waals surface area contributed by atoms with Crippen LogP contribution in [0.15, 0.2) is 51.8 Å². The molecule has 5 nitrogen and oxygen atoms in total. The Morgan fingerprint density at radius 2 is 1.77 bits per heavy atom. The van der Waals surface area contributed by atoms with Crippen molar-refractivity contribution in [2.75, 3.05) is 19.8 Å². The topological polar surface area (TPSA) is 55.8 Å². The molecule has 0 radical (unpaired) electrons. The molecule has 1 fully saturated rings. The highest BCUT2D eigenvalue weighted by Crippen LogP contribution is 2.41. The van der Waals surface area contributed by atoms with E-state index in [9.17, 15) is 8.42 Å². The summed E-state index contributed by atoms with van der Waals surface area (Å²) in [7, 11) is -3.58. The zero-order valence-corrected chi connectivity index (χ0v) is 16.6. The van der Waals surface area contributed by atoms with Crippen LogP contribution in [-0.2, 0) is 10.0 Å². The van der Waals surface area contributed by atoms with Crippen LogP contribution in [0.5, 0.6) is 11.5 Å². The van der Waals surface area contributed by atoms with Gasteiger partial charge < -0.3 is 9.47 Å². The fraction of sp³-hybridized carbons (Fsp3) is 0.368. The molecule has 0 amide bonds. The Morgan fingerprint density at radius 3 is 2.58 bits per heavy atom. The van der Waals surface area contributed by atoms with Gasteiger partial charge in [0.2, 0.25) is 10.0 Å². The number of rotatable bonds is 3. The third-order valence-corrected chi connectivity index (χ3v) is 7.70. The van der Waals surface area contributed by atoms with Gasteiger partial charge in [0.15, 0.2) is 11.5 Å². The summed E-state index contributed by atoms with van der Waals surface area (Å²) in [5, 5.41) is 0. The highest BCUT2D eigenvalue weighted by atomic mass is 79.9. The molecule has 0 aromatic heterocycles. The summed E-state index contributed by atoms with van der Waals surface area (Å²) in [6.07, 6.45) is 2.47. The molecule has 2 aromatic rings. The fourth-order valence-electron chi connectivity index (χ4n) is 3.53. The van der Waals surface area contributed by atoms with E-state index in [1.807, 2.05) is 24.3 Å². The minimum Gasteiger partial charge on any atom is -0.490 e. The lowest BCUT2D eigenvalue weighted by atomic mass is 10.0. The molecule has 0 saturated carbocycles. The number of halogens is 1. The molecule has 2 aromatic carbocycles. The van der Waals surface area contributed by atoms with E-state index in [1.54, 1.807) is 22.5 Å². The predicted molar refractivity (Wildman–Crippen MR) is 102 cm³/mol. The van der Waals surface area contributed by atoms with Crippen molar-refractivity contribution < 1.29 is 17.9 Å². The van der Waals surface area contributed by atoms with Gasteiger partial charge in [0.05, 0.1) is 24.2 Å². The van der Waals surface area contributed by atoms with E-state index in [-0.39, 0.29) is 6.04 Å². The second-order valence-corrected chi connectivity index (χ2v) is 9.17. The minimum absolute atomic E-state index is 0.191. The number of sulfonamides is 1. The molecule has 4 rings (SSSR count). The van der Waals surface area contributed by atoms with E-state index >= 15 is 0 Å². The van der Waals surface area contributed by atoms with Crippen molar-refractivity contribution in [2.24, 2.45) is 0 Å². The molecule has 1 saturated heterocycles. The van der Waals surface area contributed by atoms with Crippen LogP contribution in [0.4, 0.5) is 0 Å². The molecule has 2 heterocycles. The normalized spacial score (nSPS) is 20.7. The Labute approximate surface area is 162 Å². The summed E-state index contributed by atoms with van der Waals surface area (Å²) in [5.41, 5.74) is 0.947. The Bertz CT molecular complexity index is 916. The summed E-state index contributed by atoms with van der Waals surface area (Å²) < 4.78 is 40.1. The highest BCUT2D eigenvalue weighted by Gasteiger charge is 2.37. The first-order valence-electron chi connectivity index (χ1n) is 8.73. The summed E-state index contributed by atoms with van der Waals surface area (Å²) in [5.74, 6) is 1.43. The van der Waals surface area contributed by atoms with Crippen molar-refractivity contribution in [3.63, 3.8) is 0 Å². The molecule has 2 aliphatic heterocycles. The van der Waals surface area contributed by atoms with Crippen LogP contribution in [-0.4, -0.2) is 32.5 Å².